The van der Waals surface area contributed by atoms with Crippen LogP contribution in [0.15, 0.2) is 0 Å². The second-order valence-corrected chi connectivity index (χ2v) is 11.5. The van der Waals surface area contributed by atoms with Gasteiger partial charge in [0.25, 0.3) is 0 Å². The van der Waals surface area contributed by atoms with Crippen molar-refractivity contribution < 1.29 is 29.0 Å². The average molecular weight is 545 g/mol. The van der Waals surface area contributed by atoms with Gasteiger partial charge in [0, 0.05) is 25.5 Å². The van der Waals surface area contributed by atoms with Gasteiger partial charge in [-0.15, -0.1) is 0 Å². The first-order valence-electron chi connectivity index (χ1n) is 15.1. The van der Waals surface area contributed by atoms with E-state index in [0.717, 1.165) is 50.7 Å². The molecule has 0 aliphatic heterocycles. The van der Waals surface area contributed by atoms with E-state index in [4.69, 9.17) is 9.47 Å². The van der Waals surface area contributed by atoms with Gasteiger partial charge in [-0.25, -0.2) is 0 Å². The van der Waals surface area contributed by atoms with Gasteiger partial charge in [0.05, 0.1) is 6.61 Å². The molecule has 0 radical (unpaired) electrons. The number of ether oxygens (including phenoxy) is 2. The van der Waals surface area contributed by atoms with Gasteiger partial charge in [-0.3, -0.25) is 14.4 Å². The lowest BCUT2D eigenvalue weighted by Crippen LogP contribution is -2.28. The number of rotatable bonds is 27. The van der Waals surface area contributed by atoms with Crippen LogP contribution in [0.1, 0.15) is 149 Å². The molecule has 0 aromatic carbocycles. The van der Waals surface area contributed by atoms with E-state index in [-0.39, 0.29) is 30.3 Å². The van der Waals surface area contributed by atoms with Crippen LogP contribution in [0.2, 0.25) is 0 Å². The molecular weight excluding hydrogens is 488 g/mol. The largest absolute Gasteiger partial charge is 0.462 e. The summed E-state index contributed by atoms with van der Waals surface area (Å²) in [5.74, 6) is 0.309. The smallest absolute Gasteiger partial charge is 0.306 e. The molecule has 0 bridgehead atoms. The Hall–Kier alpha value is -1.08. The summed E-state index contributed by atoms with van der Waals surface area (Å²) in [7, 11) is 0. The normalized spacial score (nSPS) is 11.9. The Morgan fingerprint density at radius 1 is 0.649 bits per heavy atom. The number of aliphatic hydroxyl groups excluding tert-OH is 1. The molecule has 6 nitrogen and oxygen atoms in total. The van der Waals surface area contributed by atoms with E-state index >= 15 is 0 Å². The summed E-state index contributed by atoms with van der Waals surface area (Å²) in [6.45, 7) is 3.43. The SMILES string of the molecule is CCCCCCCCCCCCC(=O)O[C@H](CO)COC(=O)CCCCCCCCCCCSC(C)=O. The monoisotopic (exact) mass is 544 g/mol. The molecule has 7 heteroatoms. The zero-order valence-corrected chi connectivity index (χ0v) is 24.8. The second-order valence-electron chi connectivity index (χ2n) is 10.2. The second kappa shape index (κ2) is 27.9. The minimum Gasteiger partial charge on any atom is -0.462 e. The lowest BCUT2D eigenvalue weighted by molar-refractivity contribution is -0.161. The molecule has 0 unspecified atom stereocenters. The van der Waals surface area contributed by atoms with Gasteiger partial charge in [0.15, 0.2) is 11.2 Å². The third-order valence-corrected chi connectivity index (χ3v) is 7.40. The van der Waals surface area contributed by atoms with Crippen molar-refractivity contribution in [2.75, 3.05) is 19.0 Å². The molecule has 0 amide bonds. The predicted octanol–water partition coefficient (Wildman–Crippen LogP) is 7.93. The predicted molar refractivity (Wildman–Crippen MR) is 154 cm³/mol. The summed E-state index contributed by atoms with van der Waals surface area (Å²) >= 11 is 1.42. The van der Waals surface area contributed by atoms with Crippen molar-refractivity contribution in [3.63, 3.8) is 0 Å². The van der Waals surface area contributed by atoms with E-state index in [9.17, 15) is 19.5 Å². The number of carbonyl (C=O) groups excluding carboxylic acids is 3. The van der Waals surface area contributed by atoms with Crippen LogP contribution in [-0.4, -0.2) is 47.2 Å². The van der Waals surface area contributed by atoms with Gasteiger partial charge < -0.3 is 14.6 Å². The van der Waals surface area contributed by atoms with Gasteiger partial charge >= 0.3 is 11.9 Å². The van der Waals surface area contributed by atoms with Crippen molar-refractivity contribution in [3.8, 4) is 0 Å². The third kappa shape index (κ3) is 27.8. The quantitative estimate of drug-likeness (QED) is 0.0829. The average Bonchev–Trinajstić information content (AvgIpc) is 2.88. The molecule has 0 heterocycles. The van der Waals surface area contributed by atoms with Crippen molar-refractivity contribution in [2.24, 2.45) is 0 Å². The maximum absolute atomic E-state index is 12.0. The molecule has 0 saturated heterocycles. The summed E-state index contributed by atoms with van der Waals surface area (Å²) < 4.78 is 10.5. The molecule has 0 aliphatic carbocycles. The van der Waals surface area contributed by atoms with E-state index in [1.165, 1.54) is 88.8 Å². The molecule has 37 heavy (non-hydrogen) atoms. The summed E-state index contributed by atoms with van der Waals surface area (Å²) in [5.41, 5.74) is 0. The van der Waals surface area contributed by atoms with Gasteiger partial charge in [-0.2, -0.15) is 0 Å². The van der Waals surface area contributed by atoms with Crippen molar-refractivity contribution in [2.45, 2.75) is 155 Å². The lowest BCUT2D eigenvalue weighted by Gasteiger charge is -2.15. The fourth-order valence-electron chi connectivity index (χ4n) is 4.21. The molecule has 0 spiro atoms. The van der Waals surface area contributed by atoms with Crippen molar-refractivity contribution in [1.82, 2.24) is 0 Å². The van der Waals surface area contributed by atoms with Crippen LogP contribution in [0, 0.1) is 0 Å². The van der Waals surface area contributed by atoms with Gasteiger partial charge in [0.1, 0.15) is 6.61 Å². The Labute approximate surface area is 231 Å². The number of thioether (sulfide) groups is 1. The number of aliphatic hydroxyl groups is 1. The minimum absolute atomic E-state index is 0.0793. The van der Waals surface area contributed by atoms with Crippen molar-refractivity contribution >= 4 is 28.8 Å². The molecule has 0 aromatic rings. The summed E-state index contributed by atoms with van der Waals surface area (Å²) in [6.07, 6.45) is 22.0. The van der Waals surface area contributed by atoms with E-state index in [0.29, 0.717) is 12.8 Å². The molecule has 1 N–H and O–H groups in total. The number of unbranched alkanes of at least 4 members (excludes halogenated alkanes) is 17. The number of carbonyl (C=O) groups is 3. The number of hydrogen-bond donors (Lipinski definition) is 1. The van der Waals surface area contributed by atoms with E-state index in [1.54, 1.807) is 6.92 Å². The van der Waals surface area contributed by atoms with Crippen molar-refractivity contribution in [3.05, 3.63) is 0 Å². The molecule has 0 aliphatic rings. The van der Waals surface area contributed by atoms with E-state index < -0.39 is 6.10 Å². The maximum atomic E-state index is 12.0. The first kappa shape index (κ1) is 35.9. The molecule has 0 saturated carbocycles. The molecule has 1 atom stereocenters. The molecule has 218 valence electrons. The highest BCUT2D eigenvalue weighted by molar-refractivity contribution is 8.13. The highest BCUT2D eigenvalue weighted by atomic mass is 32.2. The standard InChI is InChI=1S/C30H56O6S/c1-3-4-5-6-7-8-10-14-17-20-23-30(34)36-28(25-31)26-35-29(33)22-19-16-13-11-9-12-15-18-21-24-37-27(2)32/h28,31H,3-26H2,1-2H3/t28-/m1/s1. The lowest BCUT2D eigenvalue weighted by atomic mass is 10.1. The zero-order valence-electron chi connectivity index (χ0n) is 23.9. The van der Waals surface area contributed by atoms with Gasteiger partial charge in [0.2, 0.25) is 0 Å². The Morgan fingerprint density at radius 2 is 1.08 bits per heavy atom. The molecule has 0 aromatic heterocycles. The summed E-state index contributed by atoms with van der Waals surface area (Å²) in [4.78, 5) is 34.8. The van der Waals surface area contributed by atoms with Crippen LogP contribution < -0.4 is 0 Å². The van der Waals surface area contributed by atoms with Gasteiger partial charge in [-0.1, -0.05) is 121 Å². The van der Waals surface area contributed by atoms with Crippen LogP contribution in [0.4, 0.5) is 0 Å². The van der Waals surface area contributed by atoms with Crippen LogP contribution in [-0.2, 0) is 23.9 Å². The van der Waals surface area contributed by atoms with Crippen molar-refractivity contribution in [1.29, 1.82) is 0 Å². The molecule has 0 fully saturated rings. The van der Waals surface area contributed by atoms with Crippen LogP contribution >= 0.6 is 11.8 Å². The fraction of sp³-hybridized carbons (Fsp3) is 0.900. The third-order valence-electron chi connectivity index (χ3n) is 6.50. The first-order chi connectivity index (χ1) is 18.0. The van der Waals surface area contributed by atoms with Crippen LogP contribution in [0.5, 0.6) is 0 Å². The highest BCUT2D eigenvalue weighted by Crippen LogP contribution is 2.14. The topological polar surface area (TPSA) is 89.9 Å². The number of esters is 2. The fourth-order valence-corrected chi connectivity index (χ4v) is 4.84. The Morgan fingerprint density at radius 3 is 1.54 bits per heavy atom. The Kier molecular flexibility index (Phi) is 27.1. The highest BCUT2D eigenvalue weighted by Gasteiger charge is 2.16. The Balaban J connectivity index is 3.57. The summed E-state index contributed by atoms with van der Waals surface area (Å²) in [5, 5.41) is 9.65. The molecular formula is C30H56O6S. The number of hydrogen-bond acceptors (Lipinski definition) is 7. The van der Waals surface area contributed by atoms with E-state index in [2.05, 4.69) is 6.92 Å². The minimum atomic E-state index is -0.777. The van der Waals surface area contributed by atoms with E-state index in [1.807, 2.05) is 0 Å². The maximum Gasteiger partial charge on any atom is 0.306 e. The Bertz CT molecular complexity index is 554. The van der Waals surface area contributed by atoms with Crippen LogP contribution in [0.25, 0.3) is 0 Å². The zero-order chi connectivity index (χ0) is 27.4. The van der Waals surface area contributed by atoms with Crippen LogP contribution in [0.3, 0.4) is 0 Å². The first-order valence-corrected chi connectivity index (χ1v) is 16.1. The molecule has 0 rings (SSSR count). The van der Waals surface area contributed by atoms with Gasteiger partial charge in [-0.05, 0) is 19.3 Å². The summed E-state index contributed by atoms with van der Waals surface area (Å²) in [6, 6.07) is 0.